The summed E-state index contributed by atoms with van der Waals surface area (Å²) in [5.74, 6) is -0.364. The number of sulfonamides is 1. The van der Waals surface area contributed by atoms with Crippen molar-refractivity contribution in [2.45, 2.75) is 32.6 Å². The van der Waals surface area contributed by atoms with Crippen LogP contribution in [0.3, 0.4) is 0 Å². The summed E-state index contributed by atoms with van der Waals surface area (Å²) in [6, 6.07) is 9.66. The Labute approximate surface area is 212 Å². The third kappa shape index (κ3) is 5.95. The predicted octanol–water partition coefficient (Wildman–Crippen LogP) is 4.38. The lowest BCUT2D eigenvalue weighted by atomic mass is 9.83. The van der Waals surface area contributed by atoms with E-state index in [-0.39, 0.29) is 28.1 Å². The molecule has 0 aliphatic rings. The van der Waals surface area contributed by atoms with Crippen molar-refractivity contribution in [2.24, 2.45) is 0 Å². The first-order chi connectivity index (χ1) is 19.7. The fourth-order valence-electron chi connectivity index (χ4n) is 3.45. The summed E-state index contributed by atoms with van der Waals surface area (Å²) < 4.78 is 105. The van der Waals surface area contributed by atoms with Crippen LogP contribution in [0.25, 0.3) is 23.3 Å². The van der Waals surface area contributed by atoms with E-state index >= 15 is 0 Å². The number of aromatic nitrogens is 1. The lowest BCUT2D eigenvalue weighted by Crippen LogP contribution is -2.15. The molecule has 7 nitrogen and oxygen atoms in total. The van der Waals surface area contributed by atoms with Gasteiger partial charge in [0.1, 0.15) is 5.75 Å². The van der Waals surface area contributed by atoms with E-state index < -0.39 is 53.7 Å². The molecule has 0 aliphatic carbocycles. The first-order valence-corrected chi connectivity index (χ1v) is 11.9. The van der Waals surface area contributed by atoms with Crippen molar-refractivity contribution >= 4 is 27.9 Å². The van der Waals surface area contributed by atoms with Gasteiger partial charge in [-0.05, 0) is 58.5 Å². The summed E-state index contributed by atoms with van der Waals surface area (Å²) in [4.78, 5) is 15.2. The Kier molecular flexibility index (Phi) is 4.51. The van der Waals surface area contributed by atoms with Crippen LogP contribution in [-0.4, -0.2) is 31.9 Å². The molecule has 0 radical (unpaired) electrons. The van der Waals surface area contributed by atoms with Crippen molar-refractivity contribution in [1.82, 2.24) is 4.98 Å². The number of H-pyrrole nitrogens is 1. The molecular formula is C26H30N2O5S. The minimum Gasteiger partial charge on any atom is -0.496 e. The van der Waals surface area contributed by atoms with Crippen LogP contribution in [0.5, 0.6) is 5.75 Å². The van der Waals surface area contributed by atoms with E-state index in [2.05, 4.69) is 9.71 Å². The minimum atomic E-state index is -3.61. The van der Waals surface area contributed by atoms with Crippen LogP contribution in [0.15, 0.2) is 53.5 Å². The summed E-state index contributed by atoms with van der Waals surface area (Å²) in [5, 5.41) is 9.92. The lowest BCUT2D eigenvalue weighted by molar-refractivity contribution is 0.281. The topological polar surface area (TPSA) is 108 Å². The molecule has 0 atom stereocenters. The molecule has 34 heavy (non-hydrogen) atoms. The van der Waals surface area contributed by atoms with Crippen LogP contribution in [0.2, 0.25) is 0 Å². The first kappa shape index (κ1) is 15.5. The minimum absolute atomic E-state index is 0.00354. The summed E-state index contributed by atoms with van der Waals surface area (Å²) >= 11 is 0. The highest BCUT2D eigenvalue weighted by Crippen LogP contribution is 2.38. The molecule has 0 unspecified atom stereocenters. The summed E-state index contributed by atoms with van der Waals surface area (Å²) in [5.41, 5.74) is -3.79. The zero-order chi connectivity index (χ0) is 32.6. The fraction of sp³-hybridized carbons (Fsp3) is 0.269. The highest BCUT2D eigenvalue weighted by molar-refractivity contribution is 7.92. The van der Waals surface area contributed by atoms with Gasteiger partial charge >= 0.3 is 0 Å². The summed E-state index contributed by atoms with van der Waals surface area (Å²) in [7, 11) is -2.48. The van der Waals surface area contributed by atoms with Crippen LogP contribution in [0, 0.1) is 0 Å². The number of benzene rings is 2. The number of rotatable bonds is 7. The average molecular weight is 492 g/mol. The SMILES string of the molecule is [2H]C([2H])([2H])C(c1cc(-c2ccc[nH]c2=O)cc(C=Cc2ccc(NS(C)(=O)=O)cc2CO)c1OC)(C([2H])([2H])[2H])C([2H])([2H])[2H]. The molecule has 0 amide bonds. The van der Waals surface area contributed by atoms with Crippen LogP contribution >= 0.6 is 0 Å². The van der Waals surface area contributed by atoms with Crippen LogP contribution < -0.4 is 15.0 Å². The van der Waals surface area contributed by atoms with Gasteiger partial charge in [-0.1, -0.05) is 38.8 Å². The number of methoxy groups -OCH3 is 1. The Morgan fingerprint density at radius 3 is 2.50 bits per heavy atom. The molecule has 0 saturated carbocycles. The van der Waals surface area contributed by atoms with Gasteiger partial charge < -0.3 is 14.8 Å². The highest BCUT2D eigenvalue weighted by Gasteiger charge is 2.22. The van der Waals surface area contributed by atoms with Crippen LogP contribution in [0.4, 0.5) is 5.69 Å². The van der Waals surface area contributed by atoms with Crippen molar-refractivity contribution in [3.05, 3.63) is 81.3 Å². The van der Waals surface area contributed by atoms with E-state index in [0.717, 1.165) is 19.4 Å². The first-order valence-electron chi connectivity index (χ1n) is 14.5. The maximum absolute atomic E-state index is 12.7. The number of anilines is 1. The van der Waals surface area contributed by atoms with Crippen molar-refractivity contribution in [2.75, 3.05) is 18.1 Å². The molecule has 0 spiro atoms. The number of pyridine rings is 1. The monoisotopic (exact) mass is 491 g/mol. The molecule has 180 valence electrons. The van der Waals surface area contributed by atoms with E-state index in [1.54, 1.807) is 0 Å². The third-order valence-corrected chi connectivity index (χ3v) is 5.52. The maximum atomic E-state index is 12.7. The Hall–Kier alpha value is -3.36. The van der Waals surface area contributed by atoms with E-state index in [4.69, 9.17) is 17.1 Å². The van der Waals surface area contributed by atoms with Crippen molar-refractivity contribution in [3.8, 4) is 16.9 Å². The van der Waals surface area contributed by atoms with Crippen molar-refractivity contribution in [3.63, 3.8) is 0 Å². The average Bonchev–Trinajstić information content (AvgIpc) is 2.84. The van der Waals surface area contributed by atoms with Gasteiger partial charge in [0.05, 0.1) is 20.0 Å². The number of aliphatic hydroxyl groups excluding tert-OH is 1. The van der Waals surface area contributed by atoms with Gasteiger partial charge in [0.25, 0.3) is 5.56 Å². The maximum Gasteiger partial charge on any atom is 0.255 e. The van der Waals surface area contributed by atoms with Gasteiger partial charge in [-0.2, -0.15) is 0 Å². The van der Waals surface area contributed by atoms with E-state index in [1.165, 1.54) is 54.7 Å². The number of aromatic amines is 1. The second-order valence-corrected chi connectivity index (χ2v) is 9.34. The van der Waals surface area contributed by atoms with Gasteiger partial charge in [-0.25, -0.2) is 8.42 Å². The predicted molar refractivity (Wildman–Crippen MR) is 138 cm³/mol. The smallest absolute Gasteiger partial charge is 0.255 e. The quantitative estimate of drug-likeness (QED) is 0.425. The van der Waals surface area contributed by atoms with Gasteiger partial charge in [0.15, 0.2) is 0 Å². The molecule has 0 fully saturated rings. The summed E-state index contributed by atoms with van der Waals surface area (Å²) in [6.45, 7) is -11.3. The number of ether oxygens (including phenoxy) is 1. The standard InChI is InChI=1S/C26H30N2O5S/c1-26(2,3)23-15-19(22-7-6-12-27-25(22)30)13-18(24(23)33-4)9-8-17-10-11-21(14-20(17)16-29)28-34(5,31)32/h6-15,28-29H,16H2,1-5H3,(H,27,30)/i1D3,2D3,3D3. The lowest BCUT2D eigenvalue weighted by Gasteiger charge is -2.24. The van der Waals surface area contributed by atoms with Gasteiger partial charge in [-0.3, -0.25) is 9.52 Å². The molecule has 3 rings (SSSR count). The Morgan fingerprint density at radius 1 is 1.15 bits per heavy atom. The van der Waals surface area contributed by atoms with E-state index in [0.29, 0.717) is 11.1 Å². The van der Waals surface area contributed by atoms with Crippen molar-refractivity contribution in [1.29, 1.82) is 0 Å². The molecule has 3 aromatic rings. The molecule has 0 bridgehead atoms. The third-order valence-electron chi connectivity index (χ3n) is 4.91. The molecular weight excluding hydrogens is 452 g/mol. The van der Waals surface area contributed by atoms with Crippen LogP contribution in [0.1, 0.15) is 55.1 Å². The molecule has 1 heterocycles. The highest BCUT2D eigenvalue weighted by atomic mass is 32.2. The zero-order valence-electron chi connectivity index (χ0n) is 27.5. The Morgan fingerprint density at radius 2 is 1.88 bits per heavy atom. The summed E-state index contributed by atoms with van der Waals surface area (Å²) in [6.07, 6.45) is 5.15. The molecule has 3 N–H and O–H groups in total. The molecule has 0 aliphatic heterocycles. The number of aliphatic hydroxyl groups is 1. The van der Waals surface area contributed by atoms with E-state index in [9.17, 15) is 18.3 Å². The van der Waals surface area contributed by atoms with Gasteiger partial charge in [0.2, 0.25) is 10.0 Å². The Balaban J connectivity index is 2.44. The second kappa shape index (κ2) is 9.87. The number of nitrogens with one attached hydrogen (secondary N) is 2. The molecule has 8 heteroatoms. The number of hydrogen-bond acceptors (Lipinski definition) is 5. The van der Waals surface area contributed by atoms with Crippen molar-refractivity contribution < 1.29 is 30.6 Å². The number of hydrogen-bond donors (Lipinski definition) is 3. The van der Waals surface area contributed by atoms with Gasteiger partial charge in [0, 0.05) is 40.9 Å². The zero-order valence-corrected chi connectivity index (χ0v) is 19.3. The normalized spacial score (nSPS) is 17.2. The van der Waals surface area contributed by atoms with E-state index in [1.807, 2.05) is 0 Å². The van der Waals surface area contributed by atoms with Crippen LogP contribution in [-0.2, 0) is 22.0 Å². The fourth-order valence-corrected chi connectivity index (χ4v) is 4.00. The Bertz CT molecular complexity index is 1660. The largest absolute Gasteiger partial charge is 0.496 e. The second-order valence-electron chi connectivity index (χ2n) is 7.59. The molecule has 1 aromatic heterocycles. The molecule has 2 aromatic carbocycles. The van der Waals surface area contributed by atoms with Gasteiger partial charge in [-0.15, -0.1) is 0 Å². The molecule has 0 saturated heterocycles.